The summed E-state index contributed by atoms with van der Waals surface area (Å²) in [6.45, 7) is 1.67. The van der Waals surface area contributed by atoms with Gasteiger partial charge in [-0.2, -0.15) is 0 Å². The second kappa shape index (κ2) is 6.08. The molecule has 0 spiro atoms. The highest BCUT2D eigenvalue weighted by molar-refractivity contribution is 7.93. The van der Waals surface area contributed by atoms with Crippen molar-refractivity contribution in [3.63, 3.8) is 0 Å². The second-order valence-electron chi connectivity index (χ2n) is 4.61. The van der Waals surface area contributed by atoms with Crippen molar-refractivity contribution in [2.24, 2.45) is 11.7 Å². The SMILES string of the molecule is CC(C(N)=S)S(=O)(=O)NC1CCC(CO)CC1. The molecule has 0 amide bonds. The van der Waals surface area contributed by atoms with Crippen LogP contribution in [-0.2, 0) is 10.0 Å². The molecule has 1 atom stereocenters. The molecule has 1 aliphatic carbocycles. The van der Waals surface area contributed by atoms with Crippen molar-refractivity contribution in [1.29, 1.82) is 0 Å². The lowest BCUT2D eigenvalue weighted by atomic mass is 9.87. The molecular formula is C10H20N2O3S2. The summed E-state index contributed by atoms with van der Waals surface area (Å²) in [5, 5.41) is 8.16. The van der Waals surface area contributed by atoms with Crippen LogP contribution in [0.1, 0.15) is 32.6 Å². The van der Waals surface area contributed by atoms with Crippen molar-refractivity contribution in [3.05, 3.63) is 0 Å². The summed E-state index contributed by atoms with van der Waals surface area (Å²) in [6, 6.07) is -0.0559. The van der Waals surface area contributed by atoms with Gasteiger partial charge in [0.1, 0.15) is 5.25 Å². The molecule has 4 N–H and O–H groups in total. The molecule has 0 radical (unpaired) electrons. The Morgan fingerprint density at radius 1 is 1.47 bits per heavy atom. The average Bonchev–Trinajstić information content (AvgIpc) is 2.28. The van der Waals surface area contributed by atoms with Crippen LogP contribution in [0.15, 0.2) is 0 Å². The quantitative estimate of drug-likeness (QED) is 0.623. The van der Waals surface area contributed by atoms with Crippen molar-refractivity contribution < 1.29 is 13.5 Å². The van der Waals surface area contributed by atoms with E-state index in [1.54, 1.807) is 0 Å². The van der Waals surface area contributed by atoms with E-state index in [4.69, 9.17) is 23.1 Å². The molecule has 1 saturated carbocycles. The number of rotatable bonds is 5. The third-order valence-electron chi connectivity index (χ3n) is 3.30. The van der Waals surface area contributed by atoms with Crippen LogP contribution in [0.5, 0.6) is 0 Å². The van der Waals surface area contributed by atoms with Gasteiger partial charge in [0.15, 0.2) is 0 Å². The lowest BCUT2D eigenvalue weighted by Gasteiger charge is -2.28. The van der Waals surface area contributed by atoms with E-state index in [-0.39, 0.29) is 17.6 Å². The van der Waals surface area contributed by atoms with Gasteiger partial charge in [0, 0.05) is 12.6 Å². The Hall–Kier alpha value is -0.240. The third-order valence-corrected chi connectivity index (χ3v) is 5.65. The van der Waals surface area contributed by atoms with Crippen molar-refractivity contribution in [3.8, 4) is 0 Å². The van der Waals surface area contributed by atoms with Gasteiger partial charge in [0.05, 0.1) is 4.99 Å². The summed E-state index contributed by atoms with van der Waals surface area (Å²) in [5.74, 6) is 0.309. The van der Waals surface area contributed by atoms with Crippen LogP contribution >= 0.6 is 12.2 Å². The van der Waals surface area contributed by atoms with Crippen LogP contribution in [0.25, 0.3) is 0 Å². The van der Waals surface area contributed by atoms with Gasteiger partial charge in [-0.1, -0.05) is 12.2 Å². The van der Waals surface area contributed by atoms with Gasteiger partial charge in [-0.3, -0.25) is 0 Å². The number of aliphatic hydroxyl groups excluding tert-OH is 1. The zero-order chi connectivity index (χ0) is 13.1. The molecule has 0 bridgehead atoms. The van der Waals surface area contributed by atoms with Gasteiger partial charge in [0.25, 0.3) is 0 Å². The number of nitrogens with two attached hydrogens (primary N) is 1. The average molecular weight is 280 g/mol. The number of hydrogen-bond acceptors (Lipinski definition) is 4. The van der Waals surface area contributed by atoms with E-state index in [2.05, 4.69) is 4.72 Å². The monoisotopic (exact) mass is 280 g/mol. The molecule has 1 unspecified atom stereocenters. The van der Waals surface area contributed by atoms with Crippen molar-refractivity contribution >= 4 is 27.2 Å². The highest BCUT2D eigenvalue weighted by Gasteiger charge is 2.28. The maximum atomic E-state index is 11.9. The Bertz CT molecular complexity index is 362. The second-order valence-corrected chi connectivity index (χ2v) is 7.11. The zero-order valence-electron chi connectivity index (χ0n) is 9.93. The van der Waals surface area contributed by atoms with Gasteiger partial charge < -0.3 is 10.8 Å². The molecule has 0 saturated heterocycles. The number of nitrogens with one attached hydrogen (secondary N) is 1. The molecule has 1 fully saturated rings. The van der Waals surface area contributed by atoms with Crippen LogP contribution in [0, 0.1) is 5.92 Å². The first-order valence-electron chi connectivity index (χ1n) is 5.78. The first kappa shape index (κ1) is 14.8. The van der Waals surface area contributed by atoms with E-state index in [9.17, 15) is 8.42 Å². The molecule has 1 aliphatic rings. The van der Waals surface area contributed by atoms with E-state index in [1.165, 1.54) is 6.92 Å². The zero-order valence-corrected chi connectivity index (χ0v) is 11.6. The largest absolute Gasteiger partial charge is 0.396 e. The Morgan fingerprint density at radius 2 is 2.00 bits per heavy atom. The van der Waals surface area contributed by atoms with E-state index >= 15 is 0 Å². The summed E-state index contributed by atoms with van der Waals surface area (Å²) in [4.78, 5) is -0.0125. The highest BCUT2D eigenvalue weighted by Crippen LogP contribution is 2.24. The van der Waals surface area contributed by atoms with Gasteiger partial charge in [-0.15, -0.1) is 0 Å². The number of thiocarbonyl (C=S) groups is 1. The van der Waals surface area contributed by atoms with E-state index in [1.807, 2.05) is 0 Å². The summed E-state index contributed by atoms with van der Waals surface area (Å²) < 4.78 is 26.4. The fraction of sp³-hybridized carbons (Fsp3) is 0.900. The summed E-state index contributed by atoms with van der Waals surface area (Å²) >= 11 is 4.70. The molecule has 1 rings (SSSR count). The maximum Gasteiger partial charge on any atom is 0.220 e. The van der Waals surface area contributed by atoms with Gasteiger partial charge >= 0.3 is 0 Å². The Balaban J connectivity index is 2.53. The minimum absolute atomic E-state index is 0.0125. The van der Waals surface area contributed by atoms with E-state index in [0.29, 0.717) is 5.92 Å². The molecular weight excluding hydrogens is 260 g/mol. The van der Waals surface area contributed by atoms with Crippen LogP contribution in [0.4, 0.5) is 0 Å². The molecule has 0 aliphatic heterocycles. The number of aliphatic hydroxyl groups is 1. The van der Waals surface area contributed by atoms with Gasteiger partial charge in [-0.05, 0) is 38.5 Å². The Morgan fingerprint density at radius 3 is 2.41 bits per heavy atom. The topological polar surface area (TPSA) is 92.4 Å². The van der Waals surface area contributed by atoms with E-state index in [0.717, 1.165) is 25.7 Å². The molecule has 17 heavy (non-hydrogen) atoms. The predicted octanol–water partition coefficient (Wildman–Crippen LogP) is 0.131. The van der Waals surface area contributed by atoms with Crippen LogP contribution < -0.4 is 10.5 Å². The molecule has 0 heterocycles. The molecule has 0 aromatic rings. The highest BCUT2D eigenvalue weighted by atomic mass is 32.2. The standard InChI is InChI=1S/C10H20N2O3S2/c1-7(10(11)16)17(14,15)12-9-4-2-8(6-13)3-5-9/h7-9,12-13H,2-6H2,1H3,(H2,11,16). The Labute approximate surface area is 108 Å². The Kier molecular flexibility index (Phi) is 5.30. The van der Waals surface area contributed by atoms with Gasteiger partial charge in [0.2, 0.25) is 10.0 Å². The van der Waals surface area contributed by atoms with Crippen molar-refractivity contribution in [2.75, 3.05) is 6.61 Å². The van der Waals surface area contributed by atoms with Crippen LogP contribution in [0.3, 0.4) is 0 Å². The first-order valence-corrected chi connectivity index (χ1v) is 7.73. The molecule has 0 aromatic carbocycles. The third kappa shape index (κ3) is 4.17. The summed E-state index contributed by atoms with van der Waals surface area (Å²) in [5.41, 5.74) is 5.35. The fourth-order valence-corrected chi connectivity index (χ4v) is 3.54. The molecule has 0 aromatic heterocycles. The van der Waals surface area contributed by atoms with Crippen LogP contribution in [0.2, 0.25) is 0 Å². The fourth-order valence-electron chi connectivity index (χ4n) is 1.95. The van der Waals surface area contributed by atoms with Crippen molar-refractivity contribution in [2.45, 2.75) is 43.9 Å². The maximum absolute atomic E-state index is 11.9. The van der Waals surface area contributed by atoms with Crippen LogP contribution in [-0.4, -0.2) is 36.4 Å². The normalized spacial score (nSPS) is 27.6. The smallest absolute Gasteiger partial charge is 0.220 e. The minimum atomic E-state index is -3.46. The first-order chi connectivity index (χ1) is 7.86. The molecule has 100 valence electrons. The van der Waals surface area contributed by atoms with Crippen molar-refractivity contribution in [1.82, 2.24) is 4.72 Å². The summed E-state index contributed by atoms with van der Waals surface area (Å²) in [6.07, 6.45) is 3.22. The van der Waals surface area contributed by atoms with E-state index < -0.39 is 15.3 Å². The lowest BCUT2D eigenvalue weighted by molar-refractivity contribution is 0.180. The predicted molar refractivity (Wildman–Crippen MR) is 71.1 cm³/mol. The molecule has 5 nitrogen and oxygen atoms in total. The van der Waals surface area contributed by atoms with Gasteiger partial charge in [-0.25, -0.2) is 13.1 Å². The summed E-state index contributed by atoms with van der Waals surface area (Å²) in [7, 11) is -3.46. The number of hydrogen-bond donors (Lipinski definition) is 3. The number of sulfonamides is 1. The lowest BCUT2D eigenvalue weighted by Crippen LogP contribution is -2.45. The molecule has 7 heteroatoms. The minimum Gasteiger partial charge on any atom is -0.396 e.